The van der Waals surface area contributed by atoms with Crippen LogP contribution in [0, 0.1) is 5.82 Å². The van der Waals surface area contributed by atoms with E-state index in [9.17, 15) is 19.1 Å². The van der Waals surface area contributed by atoms with Crippen LogP contribution in [0.4, 0.5) is 10.1 Å². The van der Waals surface area contributed by atoms with Crippen LogP contribution in [-0.4, -0.2) is 29.1 Å². The van der Waals surface area contributed by atoms with Crippen molar-refractivity contribution in [3.05, 3.63) is 29.6 Å². The van der Waals surface area contributed by atoms with Crippen LogP contribution in [0.1, 0.15) is 43.0 Å². The van der Waals surface area contributed by atoms with E-state index < -0.39 is 17.3 Å². The van der Waals surface area contributed by atoms with Gasteiger partial charge in [-0.25, -0.2) is 4.39 Å². The quantitative estimate of drug-likeness (QED) is 0.792. The average molecular weight is 294 g/mol. The second-order valence-corrected chi connectivity index (χ2v) is 5.49. The summed E-state index contributed by atoms with van der Waals surface area (Å²) in [4.78, 5) is 23.0. The summed E-state index contributed by atoms with van der Waals surface area (Å²) in [5.74, 6) is -1.56. The highest BCUT2D eigenvalue weighted by atomic mass is 19.1. The lowest BCUT2D eigenvalue weighted by atomic mass is 10.0. The summed E-state index contributed by atoms with van der Waals surface area (Å²) in [6.07, 6.45) is 3.14. The van der Waals surface area contributed by atoms with Gasteiger partial charge in [-0.1, -0.05) is 12.8 Å². The normalized spacial score (nSPS) is 16.5. The Hall–Kier alpha value is -1.95. The Morgan fingerprint density at radius 1 is 1.33 bits per heavy atom. The fourth-order valence-corrected chi connectivity index (χ4v) is 2.53. The summed E-state index contributed by atoms with van der Waals surface area (Å²) in [6, 6.07) is 3.80. The molecule has 0 atom stereocenters. The molecular weight excluding hydrogens is 275 g/mol. The van der Waals surface area contributed by atoms with E-state index in [1.54, 1.807) is 0 Å². The van der Waals surface area contributed by atoms with E-state index in [2.05, 4.69) is 10.6 Å². The first kappa shape index (κ1) is 15.4. The molecule has 0 aliphatic heterocycles. The Morgan fingerprint density at radius 3 is 2.62 bits per heavy atom. The molecule has 0 unspecified atom stereocenters. The average Bonchev–Trinajstić information content (AvgIpc) is 2.85. The predicted molar refractivity (Wildman–Crippen MR) is 76.5 cm³/mol. The van der Waals surface area contributed by atoms with Gasteiger partial charge in [0.25, 0.3) is 5.91 Å². The van der Waals surface area contributed by atoms with Crippen LogP contribution in [-0.2, 0) is 4.79 Å². The Bertz CT molecular complexity index is 554. The Balaban J connectivity index is 2.05. The van der Waals surface area contributed by atoms with Gasteiger partial charge in [-0.3, -0.25) is 9.59 Å². The zero-order valence-electron chi connectivity index (χ0n) is 11.9. The van der Waals surface area contributed by atoms with Crippen molar-refractivity contribution in [2.75, 3.05) is 11.9 Å². The number of nitrogens with one attached hydrogen (secondary N) is 2. The standard InChI is InChI=1S/C15H19FN2O3/c1-10(19)18-11-4-5-13(16)12(8-11)14(20)17-9-15(21)6-2-3-7-15/h4-5,8,21H,2-3,6-7,9H2,1H3,(H,17,20)(H,18,19). The molecule has 1 saturated carbocycles. The maximum Gasteiger partial charge on any atom is 0.254 e. The first-order valence-corrected chi connectivity index (χ1v) is 6.97. The summed E-state index contributed by atoms with van der Waals surface area (Å²) < 4.78 is 13.7. The van der Waals surface area contributed by atoms with Gasteiger partial charge in [-0.05, 0) is 31.0 Å². The lowest BCUT2D eigenvalue weighted by Crippen LogP contribution is -2.41. The second-order valence-electron chi connectivity index (χ2n) is 5.49. The van der Waals surface area contributed by atoms with Crippen molar-refractivity contribution in [2.24, 2.45) is 0 Å². The third kappa shape index (κ3) is 4.01. The van der Waals surface area contributed by atoms with Crippen LogP contribution in [0.15, 0.2) is 18.2 Å². The molecule has 0 spiro atoms. The van der Waals surface area contributed by atoms with Crippen molar-refractivity contribution in [1.29, 1.82) is 0 Å². The zero-order chi connectivity index (χ0) is 15.5. The largest absolute Gasteiger partial charge is 0.388 e. The first-order chi connectivity index (χ1) is 9.89. The summed E-state index contributed by atoms with van der Waals surface area (Å²) in [5, 5.41) is 15.2. The van der Waals surface area contributed by atoms with Gasteiger partial charge in [0.1, 0.15) is 5.82 Å². The van der Waals surface area contributed by atoms with E-state index >= 15 is 0 Å². The minimum Gasteiger partial charge on any atom is -0.388 e. The molecule has 0 heterocycles. The smallest absolute Gasteiger partial charge is 0.254 e. The molecule has 1 aromatic rings. The fourth-order valence-electron chi connectivity index (χ4n) is 2.53. The molecule has 0 radical (unpaired) electrons. The number of amides is 2. The van der Waals surface area contributed by atoms with Crippen LogP contribution in [0.5, 0.6) is 0 Å². The molecule has 5 nitrogen and oxygen atoms in total. The number of halogens is 1. The van der Waals surface area contributed by atoms with Crippen molar-refractivity contribution in [3.63, 3.8) is 0 Å². The molecule has 1 aliphatic carbocycles. The minimum atomic E-state index is -0.888. The molecule has 2 amide bonds. The van der Waals surface area contributed by atoms with Crippen LogP contribution in [0.2, 0.25) is 0 Å². The molecule has 21 heavy (non-hydrogen) atoms. The van der Waals surface area contributed by atoms with Gasteiger partial charge in [0.15, 0.2) is 0 Å². The number of carbonyl (C=O) groups is 2. The third-order valence-corrected chi connectivity index (χ3v) is 3.64. The number of hydrogen-bond acceptors (Lipinski definition) is 3. The van der Waals surface area contributed by atoms with Crippen LogP contribution < -0.4 is 10.6 Å². The fraction of sp³-hybridized carbons (Fsp3) is 0.467. The van der Waals surface area contributed by atoms with Crippen LogP contribution in [0.3, 0.4) is 0 Å². The Morgan fingerprint density at radius 2 is 2.00 bits per heavy atom. The summed E-state index contributed by atoms with van der Waals surface area (Å²) >= 11 is 0. The SMILES string of the molecule is CC(=O)Nc1ccc(F)c(C(=O)NCC2(O)CCCC2)c1. The maximum absolute atomic E-state index is 13.7. The second kappa shape index (κ2) is 6.22. The van der Waals surface area contributed by atoms with Gasteiger partial charge in [-0.2, -0.15) is 0 Å². The van der Waals surface area contributed by atoms with Crippen molar-refractivity contribution in [3.8, 4) is 0 Å². The lowest BCUT2D eigenvalue weighted by Gasteiger charge is -2.22. The number of hydrogen-bond donors (Lipinski definition) is 3. The molecular formula is C15H19FN2O3. The van der Waals surface area contributed by atoms with Crippen molar-refractivity contribution < 1.29 is 19.1 Å². The number of aliphatic hydroxyl groups is 1. The van der Waals surface area contributed by atoms with Crippen LogP contribution >= 0.6 is 0 Å². The molecule has 3 N–H and O–H groups in total. The van der Waals surface area contributed by atoms with Gasteiger partial charge >= 0.3 is 0 Å². The van der Waals surface area contributed by atoms with E-state index in [1.807, 2.05) is 0 Å². The van der Waals surface area contributed by atoms with Gasteiger partial charge in [0, 0.05) is 19.2 Å². The summed E-state index contributed by atoms with van der Waals surface area (Å²) in [6.45, 7) is 1.44. The molecule has 114 valence electrons. The van der Waals surface area contributed by atoms with Gasteiger partial charge in [0.2, 0.25) is 5.91 Å². The summed E-state index contributed by atoms with van der Waals surface area (Å²) in [5.41, 5.74) is -0.682. The highest BCUT2D eigenvalue weighted by Gasteiger charge is 2.31. The molecule has 1 aliphatic rings. The number of benzene rings is 1. The zero-order valence-corrected chi connectivity index (χ0v) is 11.9. The minimum absolute atomic E-state index is 0.107. The predicted octanol–water partition coefficient (Wildman–Crippen LogP) is 1.82. The molecule has 6 heteroatoms. The van der Waals surface area contributed by atoms with Crippen molar-refractivity contribution in [1.82, 2.24) is 5.32 Å². The van der Waals surface area contributed by atoms with Crippen LogP contribution in [0.25, 0.3) is 0 Å². The van der Waals surface area contributed by atoms with Gasteiger partial charge in [0.05, 0.1) is 11.2 Å². The number of rotatable bonds is 4. The molecule has 2 rings (SSSR count). The topological polar surface area (TPSA) is 78.4 Å². The highest BCUT2D eigenvalue weighted by Crippen LogP contribution is 2.28. The van der Waals surface area contributed by atoms with Gasteiger partial charge in [-0.15, -0.1) is 0 Å². The molecule has 1 fully saturated rings. The molecule has 0 aromatic heterocycles. The third-order valence-electron chi connectivity index (χ3n) is 3.64. The van der Waals surface area contributed by atoms with E-state index in [0.717, 1.165) is 18.9 Å². The Labute approximate surface area is 122 Å². The highest BCUT2D eigenvalue weighted by molar-refractivity contribution is 5.97. The Kier molecular flexibility index (Phi) is 4.57. The van der Waals surface area contributed by atoms with Gasteiger partial charge < -0.3 is 15.7 Å². The number of anilines is 1. The molecule has 0 bridgehead atoms. The summed E-state index contributed by atoms with van der Waals surface area (Å²) in [7, 11) is 0. The maximum atomic E-state index is 13.7. The number of carbonyl (C=O) groups excluding carboxylic acids is 2. The first-order valence-electron chi connectivity index (χ1n) is 6.97. The van der Waals surface area contributed by atoms with E-state index in [0.29, 0.717) is 18.5 Å². The van der Waals surface area contributed by atoms with E-state index in [-0.39, 0.29) is 18.0 Å². The van der Waals surface area contributed by atoms with Crippen molar-refractivity contribution in [2.45, 2.75) is 38.2 Å². The molecule has 0 saturated heterocycles. The molecule has 1 aromatic carbocycles. The van der Waals surface area contributed by atoms with E-state index in [4.69, 9.17) is 0 Å². The van der Waals surface area contributed by atoms with E-state index in [1.165, 1.54) is 19.1 Å². The van der Waals surface area contributed by atoms with Crippen molar-refractivity contribution >= 4 is 17.5 Å². The monoisotopic (exact) mass is 294 g/mol. The lowest BCUT2D eigenvalue weighted by molar-refractivity contribution is -0.114.